The number of aryl methyl sites for hydroxylation is 1. The molecule has 272 valence electrons. The fraction of sp³-hybridized carbons (Fsp3) is 0.0377. The Hall–Kier alpha value is -7.63. The summed E-state index contributed by atoms with van der Waals surface area (Å²) in [5.41, 5.74) is 12.9. The molecule has 0 radical (unpaired) electrons. The van der Waals surface area contributed by atoms with E-state index in [1.54, 1.807) is 0 Å². The molecule has 0 saturated heterocycles. The molecule has 5 nitrogen and oxygen atoms in total. The highest BCUT2D eigenvalue weighted by Crippen LogP contribution is 2.44. The third-order valence-corrected chi connectivity index (χ3v) is 11.7. The van der Waals surface area contributed by atoms with Crippen molar-refractivity contribution in [3.8, 4) is 51.0 Å². The van der Waals surface area contributed by atoms with Crippen molar-refractivity contribution in [1.82, 2.24) is 19.5 Å². The molecule has 12 rings (SSSR count). The summed E-state index contributed by atoms with van der Waals surface area (Å²) in [5, 5.41) is 6.87. The van der Waals surface area contributed by atoms with Gasteiger partial charge in [0.2, 0.25) is 0 Å². The van der Waals surface area contributed by atoms with Crippen LogP contribution >= 0.6 is 0 Å². The van der Waals surface area contributed by atoms with Crippen LogP contribution in [0.5, 0.6) is 0 Å². The monoisotopic (exact) mass is 742 g/mol. The van der Waals surface area contributed by atoms with E-state index in [0.717, 1.165) is 79.1 Å². The molecule has 58 heavy (non-hydrogen) atoms. The molecular formula is C53H34N4O. The van der Waals surface area contributed by atoms with Gasteiger partial charge in [0.25, 0.3) is 0 Å². The number of benzene rings is 8. The molecule has 0 N–H and O–H groups in total. The van der Waals surface area contributed by atoms with Gasteiger partial charge in [-0.1, -0.05) is 140 Å². The molecule has 0 fully saturated rings. The van der Waals surface area contributed by atoms with Gasteiger partial charge in [-0.25, -0.2) is 15.0 Å². The van der Waals surface area contributed by atoms with Crippen LogP contribution in [-0.2, 0) is 6.42 Å². The Morgan fingerprint density at radius 2 is 1.12 bits per heavy atom. The number of hydrogen-bond acceptors (Lipinski definition) is 4. The van der Waals surface area contributed by atoms with Gasteiger partial charge in [-0.2, -0.15) is 0 Å². The molecule has 0 unspecified atom stereocenters. The van der Waals surface area contributed by atoms with E-state index in [1.165, 1.54) is 32.9 Å². The van der Waals surface area contributed by atoms with Gasteiger partial charge in [0, 0.05) is 43.9 Å². The molecule has 0 amide bonds. The first-order valence-electron chi connectivity index (χ1n) is 19.8. The summed E-state index contributed by atoms with van der Waals surface area (Å²) in [7, 11) is 0. The lowest BCUT2D eigenvalue weighted by molar-refractivity contribution is 0.669. The summed E-state index contributed by atoms with van der Waals surface area (Å²) in [4.78, 5) is 15.2. The number of nitrogens with zero attached hydrogens (tertiary/aromatic N) is 4. The Morgan fingerprint density at radius 1 is 0.448 bits per heavy atom. The summed E-state index contributed by atoms with van der Waals surface area (Å²) >= 11 is 0. The molecule has 0 bridgehead atoms. The van der Waals surface area contributed by atoms with Gasteiger partial charge in [0.15, 0.2) is 17.5 Å². The fourth-order valence-electron chi connectivity index (χ4n) is 9.02. The molecule has 0 aliphatic heterocycles. The molecule has 0 saturated carbocycles. The van der Waals surface area contributed by atoms with Crippen LogP contribution < -0.4 is 0 Å². The third-order valence-electron chi connectivity index (χ3n) is 11.7. The van der Waals surface area contributed by atoms with Gasteiger partial charge >= 0.3 is 0 Å². The molecule has 0 spiro atoms. The third kappa shape index (κ3) is 5.14. The predicted octanol–water partition coefficient (Wildman–Crippen LogP) is 13.6. The largest absolute Gasteiger partial charge is 0.456 e. The van der Waals surface area contributed by atoms with Crippen LogP contribution in [0, 0.1) is 0 Å². The number of furan rings is 1. The van der Waals surface area contributed by atoms with Crippen molar-refractivity contribution in [2.24, 2.45) is 0 Å². The molecule has 3 heterocycles. The van der Waals surface area contributed by atoms with Crippen LogP contribution in [0.15, 0.2) is 180 Å². The molecule has 3 aromatic heterocycles. The van der Waals surface area contributed by atoms with Gasteiger partial charge < -0.3 is 8.98 Å². The van der Waals surface area contributed by atoms with Crippen LogP contribution in [0.25, 0.3) is 112 Å². The summed E-state index contributed by atoms with van der Waals surface area (Å²) in [6.07, 6.45) is 6.74. The lowest BCUT2D eigenvalue weighted by Gasteiger charge is -2.14. The fourth-order valence-corrected chi connectivity index (χ4v) is 9.02. The van der Waals surface area contributed by atoms with E-state index in [-0.39, 0.29) is 0 Å². The highest BCUT2D eigenvalue weighted by atomic mass is 16.3. The first-order chi connectivity index (χ1) is 28.7. The van der Waals surface area contributed by atoms with Crippen LogP contribution in [-0.4, -0.2) is 19.5 Å². The number of hydrogen-bond donors (Lipinski definition) is 0. The Labute approximate surface area is 334 Å². The van der Waals surface area contributed by atoms with Crippen molar-refractivity contribution in [3.05, 3.63) is 187 Å². The first kappa shape index (κ1) is 32.6. The average Bonchev–Trinajstić information content (AvgIpc) is 3.84. The Bertz CT molecular complexity index is 3390. The normalized spacial score (nSPS) is 12.6. The predicted molar refractivity (Wildman–Crippen MR) is 238 cm³/mol. The first-order valence-corrected chi connectivity index (χ1v) is 19.8. The topological polar surface area (TPSA) is 56.7 Å². The molecule has 0 atom stereocenters. The highest BCUT2D eigenvalue weighted by molar-refractivity contribution is 6.25. The van der Waals surface area contributed by atoms with Crippen molar-refractivity contribution in [2.75, 3.05) is 0 Å². The summed E-state index contributed by atoms with van der Waals surface area (Å²) in [5.74, 6) is 1.85. The van der Waals surface area contributed by atoms with Gasteiger partial charge in [-0.3, -0.25) is 0 Å². The van der Waals surface area contributed by atoms with Gasteiger partial charge in [-0.05, 0) is 88.3 Å². The van der Waals surface area contributed by atoms with E-state index in [0.29, 0.717) is 17.5 Å². The standard InChI is InChI=1S/C53H34N4O/c1-3-15-33(16-4-1)51-54-52(34-17-5-2-6-18-34)56-53(55-51)42-26-14-28-47-50(42)49-41-25-10-9-23-39(41)43(32-48(49)58-47)37-21-13-22-38(29-37)57-45-27-12-11-24-40(45)44-30-35-19-7-8-20-36(35)31-46(44)57/h1-6,8-18,20-32H,7,19H2. The minimum atomic E-state index is 0.602. The summed E-state index contributed by atoms with van der Waals surface area (Å²) in [6.45, 7) is 0. The average molecular weight is 743 g/mol. The SMILES string of the molecule is C1=Cc2cc3c(cc2CC1)c1ccccc1n3-c1cccc(-c2cc3oc4cccc(-c5nc(-c6ccccc6)nc(-c6ccccc6)n5)c4c3c3ccccc23)c1. The number of rotatable bonds is 5. The second-order valence-corrected chi connectivity index (χ2v) is 15.1. The Kier molecular flexibility index (Phi) is 7.29. The number of allylic oxidation sites excluding steroid dienone is 1. The van der Waals surface area contributed by atoms with Crippen LogP contribution in [0.3, 0.4) is 0 Å². The molecule has 8 aromatic carbocycles. The number of aromatic nitrogens is 4. The van der Waals surface area contributed by atoms with Gasteiger partial charge in [0.1, 0.15) is 11.2 Å². The molecule has 11 aromatic rings. The maximum Gasteiger partial charge on any atom is 0.164 e. The molecule has 1 aliphatic carbocycles. The number of fused-ring (bicyclic) bond motifs is 9. The molecule has 5 heteroatoms. The zero-order chi connectivity index (χ0) is 38.2. The van der Waals surface area contributed by atoms with Crippen molar-refractivity contribution in [1.29, 1.82) is 0 Å². The van der Waals surface area contributed by atoms with Crippen molar-refractivity contribution >= 4 is 60.6 Å². The summed E-state index contributed by atoms with van der Waals surface area (Å²) < 4.78 is 9.23. The highest BCUT2D eigenvalue weighted by Gasteiger charge is 2.22. The second-order valence-electron chi connectivity index (χ2n) is 15.1. The lowest BCUT2D eigenvalue weighted by atomic mass is 9.93. The van der Waals surface area contributed by atoms with E-state index < -0.39 is 0 Å². The second kappa shape index (κ2) is 13.0. The number of para-hydroxylation sites is 1. The van der Waals surface area contributed by atoms with E-state index in [4.69, 9.17) is 19.4 Å². The zero-order valence-electron chi connectivity index (χ0n) is 31.4. The lowest BCUT2D eigenvalue weighted by Crippen LogP contribution is -2.00. The van der Waals surface area contributed by atoms with E-state index in [9.17, 15) is 0 Å². The van der Waals surface area contributed by atoms with Crippen molar-refractivity contribution in [3.63, 3.8) is 0 Å². The quantitative estimate of drug-likeness (QED) is 0.176. The van der Waals surface area contributed by atoms with E-state index in [2.05, 4.69) is 114 Å². The van der Waals surface area contributed by atoms with Gasteiger partial charge in [0.05, 0.1) is 11.0 Å². The maximum absolute atomic E-state index is 6.80. The maximum atomic E-state index is 6.80. The van der Waals surface area contributed by atoms with Crippen molar-refractivity contribution in [2.45, 2.75) is 12.8 Å². The van der Waals surface area contributed by atoms with E-state index in [1.807, 2.05) is 72.8 Å². The van der Waals surface area contributed by atoms with Gasteiger partial charge in [-0.15, -0.1) is 0 Å². The molecule has 1 aliphatic rings. The Balaban J connectivity index is 1.07. The van der Waals surface area contributed by atoms with Crippen LogP contribution in [0.2, 0.25) is 0 Å². The molecular weight excluding hydrogens is 709 g/mol. The smallest absolute Gasteiger partial charge is 0.164 e. The minimum Gasteiger partial charge on any atom is -0.456 e. The summed E-state index contributed by atoms with van der Waals surface area (Å²) in [6, 6.07) is 59.8. The van der Waals surface area contributed by atoms with Crippen molar-refractivity contribution < 1.29 is 4.42 Å². The Morgan fingerprint density at radius 3 is 1.91 bits per heavy atom. The van der Waals surface area contributed by atoms with Crippen LogP contribution in [0.4, 0.5) is 0 Å². The van der Waals surface area contributed by atoms with Crippen LogP contribution in [0.1, 0.15) is 17.5 Å². The zero-order valence-corrected chi connectivity index (χ0v) is 31.4. The minimum absolute atomic E-state index is 0.602. The van der Waals surface area contributed by atoms with E-state index >= 15 is 0 Å².